The summed E-state index contributed by atoms with van der Waals surface area (Å²) in [6, 6.07) is 0. The third-order valence-corrected chi connectivity index (χ3v) is 5.59. The van der Waals surface area contributed by atoms with Gasteiger partial charge in [-0.05, 0) is 0 Å². The van der Waals surface area contributed by atoms with Gasteiger partial charge in [-0.25, -0.2) is 0 Å². The van der Waals surface area contributed by atoms with Gasteiger partial charge in [0.25, 0.3) is 0 Å². The zero-order chi connectivity index (χ0) is 8.91. The molecular formula is C7H22B2NP. The van der Waals surface area contributed by atoms with Gasteiger partial charge >= 0.3 is 73.4 Å². The summed E-state index contributed by atoms with van der Waals surface area (Å²) in [6.07, 6.45) is 4.31. The second-order valence-electron chi connectivity index (χ2n) is 4.47. The third kappa shape index (κ3) is 6.90. The quantitative estimate of drug-likeness (QED) is 0.411. The predicted octanol–water partition coefficient (Wildman–Crippen LogP) is -0.196. The van der Waals surface area contributed by atoms with E-state index < -0.39 is 7.14 Å². The second kappa shape index (κ2) is 5.22. The van der Waals surface area contributed by atoms with Crippen LogP contribution in [0.4, 0.5) is 0 Å². The molecular weight excluding hydrogens is 151 g/mol. The Balaban J connectivity index is 3.54. The molecule has 0 spiro atoms. The van der Waals surface area contributed by atoms with Crippen molar-refractivity contribution in [3.63, 3.8) is 0 Å². The van der Waals surface area contributed by atoms with E-state index >= 15 is 0 Å². The van der Waals surface area contributed by atoms with Crippen LogP contribution in [0.3, 0.4) is 0 Å². The molecule has 0 aromatic rings. The molecule has 0 aromatic heterocycles. The number of hydrogen-bond donors (Lipinski definition) is 0. The molecule has 0 heterocycles. The van der Waals surface area contributed by atoms with Crippen LogP contribution >= 0.6 is 7.14 Å². The zero-order valence-electron chi connectivity index (χ0n) is 8.78. The van der Waals surface area contributed by atoms with Crippen molar-refractivity contribution in [3.8, 4) is 0 Å². The Morgan fingerprint density at radius 3 is 2.27 bits per heavy atom. The standard InChI is InChI=1S/C7H22B2NP/c1-4-6-11(3,9)7-5-10(2)8/h11H,4-9H2,1-3H3. The first-order valence-corrected chi connectivity index (χ1v) is 8.04. The molecule has 0 fully saturated rings. The van der Waals surface area contributed by atoms with E-state index in [1.54, 1.807) is 0 Å². The van der Waals surface area contributed by atoms with Crippen molar-refractivity contribution >= 4 is 22.7 Å². The van der Waals surface area contributed by atoms with Crippen LogP contribution in [0.2, 0.25) is 0 Å². The maximum absolute atomic E-state index is 2.50. The minimum atomic E-state index is -0.808. The molecule has 0 radical (unpaired) electrons. The molecule has 0 saturated heterocycles. The second-order valence-corrected chi connectivity index (χ2v) is 9.80. The summed E-state index contributed by atoms with van der Waals surface area (Å²) in [5.41, 5.74) is 0. The number of rotatable bonds is 5. The molecule has 0 aromatic carbocycles. The van der Waals surface area contributed by atoms with Crippen LogP contribution in [0.25, 0.3) is 0 Å². The summed E-state index contributed by atoms with van der Waals surface area (Å²) in [5, 5.41) is 0. The SMILES string of the molecule is BN(C)CC[PH](B)(C)CCC. The zero-order valence-corrected chi connectivity index (χ0v) is 9.78. The summed E-state index contributed by atoms with van der Waals surface area (Å²) in [5.74, 6) is 0. The van der Waals surface area contributed by atoms with E-state index in [1.807, 2.05) is 0 Å². The van der Waals surface area contributed by atoms with Gasteiger partial charge in [-0.15, -0.1) is 0 Å². The first kappa shape index (κ1) is 11.5. The molecule has 0 N–H and O–H groups in total. The van der Waals surface area contributed by atoms with Gasteiger partial charge in [0.15, 0.2) is 0 Å². The molecule has 0 rings (SSSR count). The van der Waals surface area contributed by atoms with E-state index in [2.05, 4.69) is 41.0 Å². The van der Waals surface area contributed by atoms with Crippen molar-refractivity contribution in [1.82, 2.24) is 4.81 Å². The Hall–Kier alpha value is 0.520. The topological polar surface area (TPSA) is 3.24 Å². The van der Waals surface area contributed by atoms with Crippen LogP contribution < -0.4 is 0 Å². The summed E-state index contributed by atoms with van der Waals surface area (Å²) >= 11 is 0. The van der Waals surface area contributed by atoms with E-state index in [0.717, 1.165) is 0 Å². The Morgan fingerprint density at radius 2 is 1.91 bits per heavy atom. The van der Waals surface area contributed by atoms with Crippen LogP contribution in [-0.4, -0.2) is 52.9 Å². The van der Waals surface area contributed by atoms with Gasteiger partial charge in [0, 0.05) is 0 Å². The van der Waals surface area contributed by atoms with Crippen molar-refractivity contribution in [3.05, 3.63) is 0 Å². The molecule has 0 aliphatic rings. The molecule has 0 aliphatic heterocycles. The fourth-order valence-corrected chi connectivity index (χ4v) is 3.98. The molecule has 0 saturated carbocycles. The first-order chi connectivity index (χ1) is 4.98. The average Bonchev–Trinajstić information content (AvgIpc) is 1.84. The van der Waals surface area contributed by atoms with Gasteiger partial charge in [-0.2, -0.15) is 0 Å². The molecule has 0 atom stereocenters. The van der Waals surface area contributed by atoms with Crippen molar-refractivity contribution < 1.29 is 0 Å². The predicted molar refractivity (Wildman–Crippen MR) is 64.0 cm³/mol. The fourth-order valence-electron chi connectivity index (χ4n) is 1.33. The Bertz CT molecular complexity index is 107. The molecule has 66 valence electrons. The van der Waals surface area contributed by atoms with E-state index in [0.29, 0.717) is 0 Å². The van der Waals surface area contributed by atoms with Gasteiger partial charge in [0.2, 0.25) is 0 Å². The summed E-state index contributed by atoms with van der Waals surface area (Å²) in [7, 11) is 6.02. The molecule has 11 heavy (non-hydrogen) atoms. The normalized spacial score (nSPS) is 13.8. The summed E-state index contributed by atoms with van der Waals surface area (Å²) in [4.78, 5) is 2.30. The maximum atomic E-state index is 2.50. The molecule has 0 unspecified atom stereocenters. The molecule has 0 bridgehead atoms. The summed E-state index contributed by atoms with van der Waals surface area (Å²) < 4.78 is 0. The van der Waals surface area contributed by atoms with Crippen molar-refractivity contribution in [2.75, 3.05) is 32.6 Å². The van der Waals surface area contributed by atoms with Gasteiger partial charge < -0.3 is 0 Å². The third-order valence-electron chi connectivity index (χ3n) is 2.16. The Morgan fingerprint density at radius 1 is 1.36 bits per heavy atom. The minimum absolute atomic E-state index is 0.808. The van der Waals surface area contributed by atoms with Crippen LogP contribution in [0.5, 0.6) is 0 Å². The Kier molecular flexibility index (Phi) is 5.46. The van der Waals surface area contributed by atoms with E-state index in [9.17, 15) is 0 Å². The van der Waals surface area contributed by atoms with Crippen LogP contribution in [0, 0.1) is 0 Å². The van der Waals surface area contributed by atoms with Crippen LogP contribution in [0.15, 0.2) is 0 Å². The number of nitrogens with zero attached hydrogens (tertiary/aromatic N) is 1. The summed E-state index contributed by atoms with van der Waals surface area (Å²) in [6.45, 7) is 6.07. The average molecular weight is 173 g/mol. The van der Waals surface area contributed by atoms with Crippen molar-refractivity contribution in [2.45, 2.75) is 13.3 Å². The monoisotopic (exact) mass is 173 g/mol. The van der Waals surface area contributed by atoms with Gasteiger partial charge in [0.05, 0.1) is 0 Å². The molecule has 0 aliphatic carbocycles. The van der Waals surface area contributed by atoms with Crippen molar-refractivity contribution in [2.24, 2.45) is 0 Å². The van der Waals surface area contributed by atoms with Crippen LogP contribution in [-0.2, 0) is 0 Å². The molecule has 1 nitrogen and oxygen atoms in total. The Labute approximate surface area is 74.1 Å². The first-order valence-electron chi connectivity index (χ1n) is 4.62. The molecule has 0 amide bonds. The van der Waals surface area contributed by atoms with Gasteiger partial charge in [0.1, 0.15) is 0 Å². The molecule has 4 heteroatoms. The van der Waals surface area contributed by atoms with E-state index in [1.165, 1.54) is 25.3 Å². The van der Waals surface area contributed by atoms with Crippen LogP contribution in [0.1, 0.15) is 13.3 Å². The van der Waals surface area contributed by atoms with E-state index in [-0.39, 0.29) is 0 Å². The van der Waals surface area contributed by atoms with Gasteiger partial charge in [-0.3, -0.25) is 0 Å². The van der Waals surface area contributed by atoms with Gasteiger partial charge in [-0.1, -0.05) is 0 Å². The number of hydrogen-bond acceptors (Lipinski definition) is 1. The fraction of sp³-hybridized carbons (Fsp3) is 1.00. The van der Waals surface area contributed by atoms with Crippen molar-refractivity contribution in [1.29, 1.82) is 0 Å². The van der Waals surface area contributed by atoms with E-state index in [4.69, 9.17) is 0 Å².